The summed E-state index contributed by atoms with van der Waals surface area (Å²) in [5, 5.41) is 0.602. The highest BCUT2D eigenvalue weighted by atomic mass is 32.2. The van der Waals surface area contributed by atoms with Gasteiger partial charge in [0.05, 0.1) is 13.7 Å². The maximum Gasteiger partial charge on any atom is 0.230 e. The lowest BCUT2D eigenvalue weighted by molar-refractivity contribution is 0.0961. The maximum absolute atomic E-state index is 12.3. The molecule has 6 nitrogen and oxygen atoms in total. The maximum atomic E-state index is 12.3. The highest BCUT2D eigenvalue weighted by Gasteiger charge is 2.33. The standard InChI is InChI=1S/C13H19N3O3S/c1-8-7-9(17)10-11(16(8)5-6-18-2)14-13(20-4)15-12(10)19-3/h8H,5-7H2,1-4H3. The van der Waals surface area contributed by atoms with E-state index in [9.17, 15) is 4.79 Å². The van der Waals surface area contributed by atoms with Gasteiger partial charge in [-0.3, -0.25) is 4.79 Å². The SMILES string of the molecule is COCCN1c2nc(SC)nc(OC)c2C(=O)CC1C. The first-order valence-electron chi connectivity index (χ1n) is 6.41. The molecule has 0 radical (unpaired) electrons. The smallest absolute Gasteiger partial charge is 0.230 e. The van der Waals surface area contributed by atoms with Gasteiger partial charge < -0.3 is 14.4 Å². The van der Waals surface area contributed by atoms with Crippen LogP contribution in [-0.4, -0.2) is 55.4 Å². The van der Waals surface area contributed by atoms with Crippen LogP contribution in [0.25, 0.3) is 0 Å². The molecule has 0 aliphatic carbocycles. The molecule has 0 saturated carbocycles. The average Bonchev–Trinajstić information content (AvgIpc) is 2.45. The van der Waals surface area contributed by atoms with E-state index in [1.54, 1.807) is 7.11 Å². The molecule has 0 spiro atoms. The first-order valence-corrected chi connectivity index (χ1v) is 7.63. The van der Waals surface area contributed by atoms with Crippen LogP contribution >= 0.6 is 11.8 Å². The monoisotopic (exact) mass is 297 g/mol. The van der Waals surface area contributed by atoms with Gasteiger partial charge in [-0.05, 0) is 13.2 Å². The molecule has 1 aliphatic rings. The van der Waals surface area contributed by atoms with Gasteiger partial charge in [0.15, 0.2) is 10.9 Å². The second-order valence-corrected chi connectivity index (χ2v) is 5.35. The zero-order valence-corrected chi connectivity index (χ0v) is 13.0. The molecule has 0 aromatic carbocycles. The molecule has 0 bridgehead atoms. The van der Waals surface area contributed by atoms with Gasteiger partial charge in [-0.1, -0.05) is 11.8 Å². The third-order valence-electron chi connectivity index (χ3n) is 3.31. The summed E-state index contributed by atoms with van der Waals surface area (Å²) in [6, 6.07) is 0.0967. The molecule has 0 fully saturated rings. The van der Waals surface area contributed by atoms with Crippen molar-refractivity contribution in [2.45, 2.75) is 24.5 Å². The van der Waals surface area contributed by atoms with E-state index >= 15 is 0 Å². The van der Waals surface area contributed by atoms with E-state index in [-0.39, 0.29) is 11.8 Å². The minimum atomic E-state index is 0.0330. The van der Waals surface area contributed by atoms with E-state index in [2.05, 4.69) is 14.9 Å². The van der Waals surface area contributed by atoms with E-state index in [1.165, 1.54) is 18.9 Å². The van der Waals surface area contributed by atoms with E-state index < -0.39 is 0 Å². The van der Waals surface area contributed by atoms with Crippen molar-refractivity contribution in [1.29, 1.82) is 0 Å². The Hall–Kier alpha value is -1.34. The van der Waals surface area contributed by atoms with E-state index in [0.29, 0.717) is 42.0 Å². The summed E-state index contributed by atoms with van der Waals surface area (Å²) < 4.78 is 10.4. The number of thioether (sulfide) groups is 1. The molecule has 0 amide bonds. The average molecular weight is 297 g/mol. The van der Waals surface area contributed by atoms with E-state index in [1.807, 2.05) is 13.2 Å². The van der Waals surface area contributed by atoms with Crippen molar-refractivity contribution in [3.8, 4) is 5.88 Å². The molecule has 1 aromatic rings. The van der Waals surface area contributed by atoms with Crippen LogP contribution in [0.1, 0.15) is 23.7 Å². The molecule has 20 heavy (non-hydrogen) atoms. The Kier molecular flexibility index (Phi) is 4.82. The number of methoxy groups -OCH3 is 2. The normalized spacial score (nSPS) is 18.1. The van der Waals surface area contributed by atoms with E-state index in [0.717, 1.165) is 0 Å². The summed E-state index contributed by atoms with van der Waals surface area (Å²) >= 11 is 1.43. The molecule has 7 heteroatoms. The topological polar surface area (TPSA) is 64.6 Å². The summed E-state index contributed by atoms with van der Waals surface area (Å²) in [6.45, 7) is 3.29. The fourth-order valence-corrected chi connectivity index (χ4v) is 2.66. The molecule has 1 unspecified atom stereocenters. The Labute approximate surface area is 122 Å². The quantitative estimate of drug-likeness (QED) is 0.604. The zero-order valence-electron chi connectivity index (χ0n) is 12.2. The molecular formula is C13H19N3O3S. The molecular weight excluding hydrogens is 278 g/mol. The Balaban J connectivity index is 2.51. The fourth-order valence-electron chi connectivity index (χ4n) is 2.31. The highest BCUT2D eigenvalue weighted by molar-refractivity contribution is 7.98. The van der Waals surface area contributed by atoms with Gasteiger partial charge in [-0.2, -0.15) is 4.98 Å². The van der Waals surface area contributed by atoms with Crippen molar-refractivity contribution in [3.63, 3.8) is 0 Å². The zero-order chi connectivity index (χ0) is 14.7. The van der Waals surface area contributed by atoms with Gasteiger partial charge in [0.25, 0.3) is 0 Å². The number of hydrogen-bond acceptors (Lipinski definition) is 7. The molecule has 2 heterocycles. The van der Waals surface area contributed by atoms with Gasteiger partial charge in [0.2, 0.25) is 5.88 Å². The van der Waals surface area contributed by atoms with Gasteiger partial charge in [0.1, 0.15) is 11.4 Å². The van der Waals surface area contributed by atoms with Crippen molar-refractivity contribution < 1.29 is 14.3 Å². The van der Waals surface area contributed by atoms with Crippen molar-refractivity contribution in [3.05, 3.63) is 5.56 Å². The van der Waals surface area contributed by atoms with E-state index in [4.69, 9.17) is 9.47 Å². The molecule has 0 saturated heterocycles. The number of ketones is 1. The second-order valence-electron chi connectivity index (χ2n) is 4.58. The summed E-state index contributed by atoms with van der Waals surface area (Å²) in [4.78, 5) is 23.1. The van der Waals surface area contributed by atoms with Crippen LogP contribution in [0.3, 0.4) is 0 Å². The molecule has 0 N–H and O–H groups in total. The summed E-state index contributed by atoms with van der Waals surface area (Å²) in [6.07, 6.45) is 2.34. The Morgan fingerprint density at radius 1 is 1.40 bits per heavy atom. The van der Waals surface area contributed by atoms with Crippen molar-refractivity contribution in [2.75, 3.05) is 38.5 Å². The van der Waals surface area contributed by atoms with Crippen LogP contribution < -0.4 is 9.64 Å². The van der Waals surface area contributed by atoms with Crippen LogP contribution in [-0.2, 0) is 4.74 Å². The van der Waals surface area contributed by atoms with Gasteiger partial charge >= 0.3 is 0 Å². The third kappa shape index (κ3) is 2.73. The third-order valence-corrected chi connectivity index (χ3v) is 3.86. The molecule has 1 aromatic heterocycles. The molecule has 2 rings (SSSR count). The fraction of sp³-hybridized carbons (Fsp3) is 0.615. The van der Waals surface area contributed by atoms with Crippen molar-refractivity contribution in [1.82, 2.24) is 9.97 Å². The first-order chi connectivity index (χ1) is 9.62. The lowest BCUT2D eigenvalue weighted by Crippen LogP contribution is -2.42. The summed E-state index contributed by atoms with van der Waals surface area (Å²) in [7, 11) is 3.19. The van der Waals surface area contributed by atoms with Crippen LogP contribution in [0.4, 0.5) is 5.82 Å². The van der Waals surface area contributed by atoms with Crippen molar-refractivity contribution in [2.24, 2.45) is 0 Å². The van der Waals surface area contributed by atoms with Gasteiger partial charge in [-0.25, -0.2) is 4.98 Å². The molecule has 1 aliphatic heterocycles. The van der Waals surface area contributed by atoms with Crippen LogP contribution in [0, 0.1) is 0 Å². The highest BCUT2D eigenvalue weighted by Crippen LogP contribution is 2.35. The number of fused-ring (bicyclic) bond motifs is 1. The number of hydrogen-bond donors (Lipinski definition) is 0. The Bertz CT molecular complexity index is 510. The second kappa shape index (κ2) is 6.41. The van der Waals surface area contributed by atoms with Crippen molar-refractivity contribution >= 4 is 23.4 Å². The van der Waals surface area contributed by atoms with Gasteiger partial charge in [-0.15, -0.1) is 0 Å². The Morgan fingerprint density at radius 2 is 2.15 bits per heavy atom. The number of ether oxygens (including phenoxy) is 2. The minimum absolute atomic E-state index is 0.0330. The summed E-state index contributed by atoms with van der Waals surface area (Å²) in [5.41, 5.74) is 0.486. The number of nitrogens with zero attached hydrogens (tertiary/aromatic N) is 3. The number of aromatic nitrogens is 2. The largest absolute Gasteiger partial charge is 0.480 e. The van der Waals surface area contributed by atoms with Crippen LogP contribution in [0.15, 0.2) is 5.16 Å². The lowest BCUT2D eigenvalue weighted by atomic mass is 9.99. The predicted molar refractivity (Wildman–Crippen MR) is 78.0 cm³/mol. The number of Topliss-reactive ketones (excluding diaryl/α,β-unsaturated/α-hetero) is 1. The van der Waals surface area contributed by atoms with Gasteiger partial charge in [0, 0.05) is 26.1 Å². The van der Waals surface area contributed by atoms with Crippen LogP contribution in [0.5, 0.6) is 5.88 Å². The summed E-state index contributed by atoms with van der Waals surface area (Å²) in [5.74, 6) is 1.05. The number of rotatable bonds is 5. The number of anilines is 1. The minimum Gasteiger partial charge on any atom is -0.480 e. The molecule has 1 atom stereocenters. The molecule has 110 valence electrons. The predicted octanol–water partition coefficient (Wildman–Crippen LogP) is 1.63. The number of carbonyl (C=O) groups excluding carboxylic acids is 1. The van der Waals surface area contributed by atoms with Crippen LogP contribution in [0.2, 0.25) is 0 Å². The number of carbonyl (C=O) groups is 1. The lowest BCUT2D eigenvalue weighted by Gasteiger charge is -2.35. The first kappa shape index (κ1) is 15.1. The Morgan fingerprint density at radius 3 is 2.75 bits per heavy atom.